The fourth-order valence-corrected chi connectivity index (χ4v) is 4.89. The Morgan fingerprint density at radius 3 is 1.88 bits per heavy atom. The first kappa shape index (κ1) is 26.1. The predicted octanol–water partition coefficient (Wildman–Crippen LogP) is 6.83. The van der Waals surface area contributed by atoms with Gasteiger partial charge in [-0.25, -0.2) is 8.42 Å². The minimum absolute atomic E-state index is 1.13. The van der Waals surface area contributed by atoms with Gasteiger partial charge in [0, 0.05) is 5.56 Å². The summed E-state index contributed by atoms with van der Waals surface area (Å²) in [6.45, 7) is 2.27. The first-order valence-corrected chi connectivity index (χ1v) is 13.4. The zero-order valence-corrected chi connectivity index (χ0v) is 20.3. The summed E-state index contributed by atoms with van der Waals surface area (Å²) in [5, 5.41) is 5.34. The molecular weight excluding hydrogens is 481 g/mol. The van der Waals surface area contributed by atoms with Crippen LogP contribution in [0.2, 0.25) is 0 Å². The summed E-state index contributed by atoms with van der Waals surface area (Å²) in [7, 11) is -6.09. The molecule has 0 amide bonds. The molecule has 0 aliphatic rings. The SMILES string of the molecule is CCCC[SH+]Cc1ccccc1-c1c2ccccc2cc2ccccc12.O=S(=O)([O-])C(F)(F)F. The zero-order valence-electron chi connectivity index (χ0n) is 18.5. The molecule has 0 aliphatic heterocycles. The molecule has 0 bridgehead atoms. The molecule has 0 aromatic heterocycles. The lowest BCUT2D eigenvalue weighted by atomic mass is 9.90. The maximum absolute atomic E-state index is 10.7. The summed E-state index contributed by atoms with van der Waals surface area (Å²) in [5.74, 6) is 2.43. The fraction of sp³-hybridized carbons (Fsp3) is 0.231. The molecule has 180 valence electrons. The molecule has 0 saturated carbocycles. The van der Waals surface area contributed by atoms with Crippen LogP contribution in [0.5, 0.6) is 0 Å². The van der Waals surface area contributed by atoms with Gasteiger partial charge in [-0.1, -0.05) is 86.1 Å². The molecule has 0 spiro atoms. The van der Waals surface area contributed by atoms with Gasteiger partial charge in [-0.2, -0.15) is 13.2 Å². The molecule has 4 rings (SSSR count). The van der Waals surface area contributed by atoms with E-state index in [2.05, 4.69) is 85.8 Å². The van der Waals surface area contributed by atoms with Crippen molar-refractivity contribution in [1.29, 1.82) is 0 Å². The Kier molecular flexibility index (Phi) is 8.62. The number of hydrogen-bond acceptors (Lipinski definition) is 3. The van der Waals surface area contributed by atoms with Crippen molar-refractivity contribution in [2.75, 3.05) is 5.75 Å². The van der Waals surface area contributed by atoms with Crippen molar-refractivity contribution < 1.29 is 26.1 Å². The number of thiol groups is 1. The van der Waals surface area contributed by atoms with Gasteiger partial charge in [-0.15, -0.1) is 0 Å². The van der Waals surface area contributed by atoms with Crippen molar-refractivity contribution in [2.24, 2.45) is 0 Å². The fourth-order valence-electron chi connectivity index (χ4n) is 3.68. The van der Waals surface area contributed by atoms with E-state index in [0.29, 0.717) is 0 Å². The molecule has 0 unspecified atom stereocenters. The monoisotopic (exact) mass is 506 g/mol. The smallest absolute Gasteiger partial charge is 0.485 e. The van der Waals surface area contributed by atoms with Crippen molar-refractivity contribution in [1.82, 2.24) is 0 Å². The molecule has 0 heterocycles. The van der Waals surface area contributed by atoms with Crippen LogP contribution in [0.25, 0.3) is 32.7 Å². The van der Waals surface area contributed by atoms with Crippen LogP contribution in [-0.2, 0) is 27.6 Å². The van der Waals surface area contributed by atoms with Gasteiger partial charge < -0.3 is 4.55 Å². The Morgan fingerprint density at radius 1 is 0.853 bits per heavy atom. The second-order valence-electron chi connectivity index (χ2n) is 7.71. The maximum atomic E-state index is 10.7. The van der Waals surface area contributed by atoms with Gasteiger partial charge in [-0.05, 0) is 56.9 Å². The lowest BCUT2D eigenvalue weighted by Gasteiger charge is -2.14. The minimum Gasteiger partial charge on any atom is -0.741 e. The molecule has 0 radical (unpaired) electrons. The molecule has 0 saturated heterocycles. The second-order valence-corrected chi connectivity index (χ2v) is 10.3. The summed E-state index contributed by atoms with van der Waals surface area (Å²) < 4.78 is 58.9. The standard InChI is InChI=1S/C25H24S.CHF3O3S/c1-2-3-16-26-18-21-12-6-9-15-24(21)25-22-13-7-4-10-19(22)17-20-11-5-8-14-23(20)25;2-1(3,4)8(5,6)7/h4-15,17H,2-3,16,18H2,1H3;(H,5,6,7). The number of halogens is 3. The highest BCUT2D eigenvalue weighted by atomic mass is 32.2. The van der Waals surface area contributed by atoms with Gasteiger partial charge >= 0.3 is 5.51 Å². The van der Waals surface area contributed by atoms with E-state index in [-0.39, 0.29) is 0 Å². The lowest BCUT2D eigenvalue weighted by molar-refractivity contribution is -0.0517. The van der Waals surface area contributed by atoms with Crippen LogP contribution in [0.1, 0.15) is 25.3 Å². The lowest BCUT2D eigenvalue weighted by Crippen LogP contribution is -2.21. The summed E-state index contributed by atoms with van der Waals surface area (Å²) in [6, 6.07) is 28.9. The number of alkyl halides is 3. The van der Waals surface area contributed by atoms with Crippen LogP contribution in [0.4, 0.5) is 13.2 Å². The van der Waals surface area contributed by atoms with Crippen molar-refractivity contribution in [3.63, 3.8) is 0 Å². The van der Waals surface area contributed by atoms with Crippen molar-refractivity contribution in [3.8, 4) is 11.1 Å². The highest BCUT2D eigenvalue weighted by Gasteiger charge is 2.36. The Morgan fingerprint density at radius 2 is 1.35 bits per heavy atom. The number of fused-ring (bicyclic) bond motifs is 2. The van der Waals surface area contributed by atoms with Crippen LogP contribution < -0.4 is 0 Å². The van der Waals surface area contributed by atoms with E-state index in [1.807, 2.05) is 0 Å². The highest BCUT2D eigenvalue weighted by Crippen LogP contribution is 2.38. The summed E-state index contributed by atoms with van der Waals surface area (Å²) in [5.41, 5.74) is -1.40. The molecule has 4 aromatic carbocycles. The van der Waals surface area contributed by atoms with Gasteiger partial charge in [0.15, 0.2) is 10.1 Å². The molecule has 34 heavy (non-hydrogen) atoms. The topological polar surface area (TPSA) is 57.2 Å². The highest BCUT2D eigenvalue weighted by molar-refractivity contribution is 7.86. The Labute approximate surface area is 201 Å². The van der Waals surface area contributed by atoms with Crippen molar-refractivity contribution in [2.45, 2.75) is 31.0 Å². The minimum atomic E-state index is -6.09. The summed E-state index contributed by atoms with van der Waals surface area (Å²) in [6.07, 6.45) is 2.60. The maximum Gasteiger partial charge on any atom is 0.485 e. The van der Waals surface area contributed by atoms with E-state index in [0.717, 1.165) is 5.75 Å². The molecule has 0 atom stereocenters. The molecule has 4 aromatic rings. The Balaban J connectivity index is 0.000000350. The number of benzene rings is 4. The van der Waals surface area contributed by atoms with E-state index < -0.39 is 15.6 Å². The Bertz CT molecular complexity index is 1310. The quantitative estimate of drug-likeness (QED) is 0.0720. The third kappa shape index (κ3) is 6.31. The molecule has 8 heteroatoms. The summed E-state index contributed by atoms with van der Waals surface area (Å²) >= 11 is 1.53. The van der Waals surface area contributed by atoms with Crippen LogP contribution in [-0.4, -0.2) is 24.2 Å². The first-order valence-electron chi connectivity index (χ1n) is 10.8. The third-order valence-corrected chi connectivity index (χ3v) is 7.06. The number of rotatable bonds is 6. The molecule has 3 nitrogen and oxygen atoms in total. The number of unbranched alkanes of at least 4 members (excludes halogenated alkanes) is 1. The van der Waals surface area contributed by atoms with E-state index in [9.17, 15) is 13.2 Å². The normalized spacial score (nSPS) is 11.9. The average molecular weight is 507 g/mol. The first-order chi connectivity index (χ1) is 16.1. The molecule has 0 fully saturated rings. The van der Waals surface area contributed by atoms with Gasteiger partial charge in [0.05, 0.1) is 0 Å². The van der Waals surface area contributed by atoms with Gasteiger partial charge in [0.25, 0.3) is 0 Å². The average Bonchev–Trinajstić information content (AvgIpc) is 2.80. The van der Waals surface area contributed by atoms with Gasteiger partial charge in [-0.3, -0.25) is 0 Å². The zero-order chi connectivity index (χ0) is 24.8. The third-order valence-electron chi connectivity index (χ3n) is 5.29. The van der Waals surface area contributed by atoms with E-state index >= 15 is 0 Å². The van der Waals surface area contributed by atoms with Crippen molar-refractivity contribution >= 4 is 43.4 Å². The van der Waals surface area contributed by atoms with E-state index in [4.69, 9.17) is 13.0 Å². The molecule has 0 N–H and O–H groups in total. The van der Waals surface area contributed by atoms with E-state index in [1.54, 1.807) is 0 Å². The van der Waals surface area contributed by atoms with Crippen LogP contribution in [0.15, 0.2) is 78.9 Å². The van der Waals surface area contributed by atoms with Crippen LogP contribution >= 0.6 is 0 Å². The Hall–Kier alpha value is -2.55. The van der Waals surface area contributed by atoms with Gasteiger partial charge in [0.2, 0.25) is 0 Å². The van der Waals surface area contributed by atoms with E-state index in [1.165, 1.54) is 68.6 Å². The van der Waals surface area contributed by atoms with Gasteiger partial charge in [0.1, 0.15) is 11.5 Å². The molecule has 0 aliphatic carbocycles. The second kappa shape index (κ2) is 11.3. The summed E-state index contributed by atoms with van der Waals surface area (Å²) in [4.78, 5) is 0. The largest absolute Gasteiger partial charge is 0.741 e. The number of hydrogen-bond donors (Lipinski definition) is 0. The molecular formula is C26H25F3O3S2. The van der Waals surface area contributed by atoms with Crippen molar-refractivity contribution in [3.05, 3.63) is 84.4 Å². The predicted molar refractivity (Wildman–Crippen MR) is 135 cm³/mol. The van der Waals surface area contributed by atoms with Crippen LogP contribution in [0, 0.1) is 0 Å². The van der Waals surface area contributed by atoms with Crippen LogP contribution in [0.3, 0.4) is 0 Å².